The van der Waals surface area contributed by atoms with E-state index in [9.17, 15) is 4.79 Å². The van der Waals surface area contributed by atoms with E-state index in [0.29, 0.717) is 5.56 Å². The zero-order valence-corrected chi connectivity index (χ0v) is 21.0. The quantitative estimate of drug-likeness (QED) is 0.307. The summed E-state index contributed by atoms with van der Waals surface area (Å²) in [5, 5.41) is 6.17. The zero-order chi connectivity index (χ0) is 24.1. The number of nitrogens with one attached hydrogen (secondary N) is 1. The smallest absolute Gasteiger partial charge is 0.253 e. The van der Waals surface area contributed by atoms with E-state index in [0.717, 1.165) is 52.8 Å². The van der Waals surface area contributed by atoms with Crippen LogP contribution in [0.15, 0.2) is 66.0 Å². The van der Waals surface area contributed by atoms with Crippen molar-refractivity contribution < 1.29 is 9.53 Å². The number of methoxy groups -OCH3 is 1. The number of carbonyl (C=O) groups is 1. The average molecular weight is 474 g/mol. The molecule has 0 fully saturated rings. The van der Waals surface area contributed by atoms with Gasteiger partial charge in [0.1, 0.15) is 10.8 Å². The SMILES string of the molecule is CCC(C)NC(=O)c1cc(-c2csc(-c3ccccc3)n2)n(CCc2ccc(OC)cc2)c1C. The van der Waals surface area contributed by atoms with Gasteiger partial charge in [-0.2, -0.15) is 0 Å². The second-order valence-electron chi connectivity index (χ2n) is 8.47. The standard InChI is InChI=1S/C28H31N3O2S/c1-5-19(2)29-27(32)24-17-26(25-18-34-28(30-25)22-9-7-6-8-10-22)31(20(24)3)16-15-21-11-13-23(33-4)14-12-21/h6-14,17-19H,5,15-16H2,1-4H3,(H,29,32). The number of nitrogens with zero attached hydrogens (tertiary/aromatic N) is 2. The molecule has 0 saturated heterocycles. The van der Waals surface area contributed by atoms with Crippen LogP contribution in [0.3, 0.4) is 0 Å². The summed E-state index contributed by atoms with van der Waals surface area (Å²) in [4.78, 5) is 18.0. The summed E-state index contributed by atoms with van der Waals surface area (Å²) in [5.74, 6) is 0.816. The molecule has 0 radical (unpaired) electrons. The number of benzene rings is 2. The lowest BCUT2D eigenvalue weighted by atomic mass is 10.1. The van der Waals surface area contributed by atoms with Gasteiger partial charge < -0.3 is 14.6 Å². The summed E-state index contributed by atoms with van der Waals surface area (Å²) >= 11 is 1.62. The number of aromatic nitrogens is 2. The molecule has 1 atom stereocenters. The van der Waals surface area contributed by atoms with E-state index >= 15 is 0 Å². The van der Waals surface area contributed by atoms with Crippen LogP contribution < -0.4 is 10.1 Å². The monoisotopic (exact) mass is 473 g/mol. The van der Waals surface area contributed by atoms with Crippen molar-refractivity contribution >= 4 is 17.2 Å². The Bertz CT molecular complexity index is 1240. The van der Waals surface area contributed by atoms with Crippen LogP contribution >= 0.6 is 11.3 Å². The van der Waals surface area contributed by atoms with Crippen molar-refractivity contribution in [1.82, 2.24) is 14.9 Å². The van der Waals surface area contributed by atoms with Crippen molar-refractivity contribution in [2.75, 3.05) is 7.11 Å². The fraction of sp³-hybridized carbons (Fsp3) is 0.286. The molecule has 34 heavy (non-hydrogen) atoms. The van der Waals surface area contributed by atoms with Crippen molar-refractivity contribution in [3.63, 3.8) is 0 Å². The van der Waals surface area contributed by atoms with E-state index < -0.39 is 0 Å². The van der Waals surface area contributed by atoms with Gasteiger partial charge in [0.2, 0.25) is 0 Å². The number of thiazole rings is 1. The first kappa shape index (κ1) is 23.8. The highest BCUT2D eigenvalue weighted by Gasteiger charge is 2.21. The van der Waals surface area contributed by atoms with Crippen LogP contribution in [0.5, 0.6) is 5.75 Å². The lowest BCUT2D eigenvalue weighted by Crippen LogP contribution is -2.32. The molecule has 0 aliphatic rings. The topological polar surface area (TPSA) is 56.2 Å². The summed E-state index contributed by atoms with van der Waals surface area (Å²) < 4.78 is 7.50. The first-order valence-corrected chi connectivity index (χ1v) is 12.5. The molecule has 0 aliphatic heterocycles. The Morgan fingerprint density at radius 3 is 2.56 bits per heavy atom. The number of hydrogen-bond donors (Lipinski definition) is 1. The molecule has 0 spiro atoms. The van der Waals surface area contributed by atoms with Crippen molar-refractivity contribution in [2.45, 2.75) is 46.2 Å². The van der Waals surface area contributed by atoms with Gasteiger partial charge in [-0.05, 0) is 50.5 Å². The molecule has 2 heterocycles. The highest BCUT2D eigenvalue weighted by atomic mass is 32.1. The van der Waals surface area contributed by atoms with Gasteiger partial charge in [0, 0.05) is 29.2 Å². The Balaban J connectivity index is 1.68. The van der Waals surface area contributed by atoms with Gasteiger partial charge in [-0.25, -0.2) is 4.98 Å². The first-order valence-electron chi connectivity index (χ1n) is 11.6. The van der Waals surface area contributed by atoms with Gasteiger partial charge in [0.25, 0.3) is 5.91 Å². The lowest BCUT2D eigenvalue weighted by Gasteiger charge is -2.13. The van der Waals surface area contributed by atoms with Gasteiger partial charge >= 0.3 is 0 Å². The summed E-state index contributed by atoms with van der Waals surface area (Å²) in [6, 6.07) is 20.5. The Hall–Kier alpha value is -3.38. The molecule has 0 bridgehead atoms. The fourth-order valence-electron chi connectivity index (χ4n) is 3.92. The molecule has 4 aromatic rings. The van der Waals surface area contributed by atoms with Gasteiger partial charge in [-0.1, -0.05) is 49.4 Å². The molecule has 1 unspecified atom stereocenters. The van der Waals surface area contributed by atoms with E-state index in [1.54, 1.807) is 18.4 Å². The van der Waals surface area contributed by atoms with Gasteiger partial charge in [-0.3, -0.25) is 4.79 Å². The van der Waals surface area contributed by atoms with Crippen LogP contribution in [0.1, 0.15) is 41.9 Å². The van der Waals surface area contributed by atoms with Crippen LogP contribution in [0.4, 0.5) is 0 Å². The Kier molecular flexibility index (Phi) is 7.48. The maximum absolute atomic E-state index is 13.0. The third-order valence-electron chi connectivity index (χ3n) is 6.17. The summed E-state index contributed by atoms with van der Waals surface area (Å²) in [5.41, 5.74) is 5.84. The molecule has 1 N–H and O–H groups in total. The van der Waals surface area contributed by atoms with Crippen LogP contribution in [0, 0.1) is 6.92 Å². The third kappa shape index (κ3) is 5.23. The minimum Gasteiger partial charge on any atom is -0.497 e. The van der Waals surface area contributed by atoms with Crippen molar-refractivity contribution in [2.24, 2.45) is 0 Å². The number of rotatable bonds is 9. The van der Waals surface area contributed by atoms with E-state index in [1.807, 2.05) is 50.2 Å². The van der Waals surface area contributed by atoms with E-state index in [-0.39, 0.29) is 11.9 Å². The molecule has 0 saturated carbocycles. The van der Waals surface area contributed by atoms with E-state index in [2.05, 4.69) is 46.5 Å². The van der Waals surface area contributed by atoms with E-state index in [1.165, 1.54) is 5.56 Å². The predicted molar refractivity (Wildman–Crippen MR) is 140 cm³/mol. The Morgan fingerprint density at radius 2 is 1.88 bits per heavy atom. The first-order chi connectivity index (χ1) is 16.5. The largest absolute Gasteiger partial charge is 0.497 e. The zero-order valence-electron chi connectivity index (χ0n) is 20.2. The fourth-order valence-corrected chi connectivity index (χ4v) is 4.74. The highest BCUT2D eigenvalue weighted by molar-refractivity contribution is 7.13. The number of amides is 1. The predicted octanol–water partition coefficient (Wildman–Crippen LogP) is 6.37. The molecule has 1 amide bonds. The molecule has 5 nitrogen and oxygen atoms in total. The second-order valence-corrected chi connectivity index (χ2v) is 9.32. The van der Waals surface area contributed by atoms with Crippen LogP contribution in [0.2, 0.25) is 0 Å². The molecular weight excluding hydrogens is 442 g/mol. The molecule has 6 heteroatoms. The van der Waals surface area contributed by atoms with Gasteiger partial charge in [0.05, 0.1) is 24.1 Å². The highest BCUT2D eigenvalue weighted by Crippen LogP contribution is 2.32. The molecule has 176 valence electrons. The summed E-state index contributed by atoms with van der Waals surface area (Å²) in [7, 11) is 1.67. The minimum atomic E-state index is -0.0326. The summed E-state index contributed by atoms with van der Waals surface area (Å²) in [6.45, 7) is 6.88. The number of aryl methyl sites for hydroxylation is 1. The van der Waals surface area contributed by atoms with Crippen LogP contribution in [-0.4, -0.2) is 28.6 Å². The van der Waals surface area contributed by atoms with Gasteiger partial charge in [-0.15, -0.1) is 11.3 Å². The van der Waals surface area contributed by atoms with Crippen molar-refractivity contribution in [1.29, 1.82) is 0 Å². The molecule has 2 aromatic carbocycles. The summed E-state index contributed by atoms with van der Waals surface area (Å²) in [6.07, 6.45) is 1.73. The molecule has 2 aromatic heterocycles. The van der Waals surface area contributed by atoms with Gasteiger partial charge in [0.15, 0.2) is 0 Å². The third-order valence-corrected chi connectivity index (χ3v) is 7.06. The lowest BCUT2D eigenvalue weighted by molar-refractivity contribution is 0.0938. The van der Waals surface area contributed by atoms with Crippen LogP contribution in [0.25, 0.3) is 22.0 Å². The number of carbonyl (C=O) groups excluding carboxylic acids is 1. The van der Waals surface area contributed by atoms with Crippen molar-refractivity contribution in [3.05, 3.63) is 82.9 Å². The number of hydrogen-bond acceptors (Lipinski definition) is 4. The molecular formula is C28H31N3O2S. The maximum atomic E-state index is 13.0. The number of ether oxygens (including phenoxy) is 1. The Morgan fingerprint density at radius 1 is 1.15 bits per heavy atom. The average Bonchev–Trinajstić information content (AvgIpc) is 3.48. The van der Waals surface area contributed by atoms with Crippen LogP contribution in [-0.2, 0) is 13.0 Å². The van der Waals surface area contributed by atoms with E-state index in [4.69, 9.17) is 9.72 Å². The maximum Gasteiger partial charge on any atom is 0.253 e. The normalized spacial score (nSPS) is 11.9. The Labute approximate surface area is 205 Å². The molecule has 0 aliphatic carbocycles. The molecule has 4 rings (SSSR count). The van der Waals surface area contributed by atoms with Crippen molar-refractivity contribution in [3.8, 4) is 27.7 Å². The second kappa shape index (κ2) is 10.7. The minimum absolute atomic E-state index is 0.0326.